The van der Waals surface area contributed by atoms with Crippen LogP contribution in [0.4, 0.5) is 5.95 Å². The lowest BCUT2D eigenvalue weighted by Crippen LogP contribution is -2.43. The van der Waals surface area contributed by atoms with Gasteiger partial charge in [0.25, 0.3) is 0 Å². The van der Waals surface area contributed by atoms with Crippen molar-refractivity contribution in [2.45, 2.75) is 19.0 Å². The standard InChI is InChI=1S/C31H34ClN7O/c1-35-16-18-37(19-17-35)20-23-8-10-24(11-9-23)21-39-31(40)36(2)30(34-39)38-22-28(25-6-4-3-5-7-25)29(33-38)26-12-14-27(32)15-13-26/h3-15,28H,16-22H2,1-2H3/t28-/m0/s1. The summed E-state index contributed by atoms with van der Waals surface area (Å²) in [6, 6.07) is 26.6. The maximum Gasteiger partial charge on any atom is 0.347 e. The summed E-state index contributed by atoms with van der Waals surface area (Å²) in [6.45, 7) is 6.35. The molecule has 1 atom stereocenters. The summed E-state index contributed by atoms with van der Waals surface area (Å²) in [7, 11) is 3.93. The number of aromatic nitrogens is 3. The molecule has 0 bridgehead atoms. The molecule has 3 heterocycles. The molecule has 3 aromatic carbocycles. The molecule has 0 unspecified atom stereocenters. The molecule has 0 aliphatic carbocycles. The molecule has 2 aliphatic heterocycles. The zero-order valence-electron chi connectivity index (χ0n) is 22.9. The summed E-state index contributed by atoms with van der Waals surface area (Å²) in [5.74, 6) is 0.567. The van der Waals surface area contributed by atoms with Gasteiger partial charge in [-0.1, -0.05) is 78.3 Å². The molecular weight excluding hydrogens is 522 g/mol. The Balaban J connectivity index is 1.22. The predicted octanol–water partition coefficient (Wildman–Crippen LogP) is 4.04. The van der Waals surface area contributed by atoms with E-state index in [0.29, 0.717) is 24.1 Å². The van der Waals surface area contributed by atoms with Gasteiger partial charge in [0.15, 0.2) is 0 Å². The normalized spacial score (nSPS) is 18.3. The van der Waals surface area contributed by atoms with Crippen LogP contribution in [0.15, 0.2) is 88.8 Å². The number of hydrogen-bond acceptors (Lipinski definition) is 6. The molecule has 4 aromatic rings. The van der Waals surface area contributed by atoms with Gasteiger partial charge in [-0.25, -0.2) is 14.5 Å². The van der Waals surface area contributed by atoms with E-state index in [1.165, 1.54) is 15.8 Å². The summed E-state index contributed by atoms with van der Waals surface area (Å²) in [5.41, 5.74) is 5.27. The number of halogens is 1. The number of hydrazone groups is 1. The molecule has 2 aliphatic rings. The Morgan fingerprint density at radius 3 is 2.15 bits per heavy atom. The topological polar surface area (TPSA) is 61.9 Å². The summed E-state index contributed by atoms with van der Waals surface area (Å²) in [6.07, 6.45) is 0. The van der Waals surface area contributed by atoms with Crippen molar-refractivity contribution in [2.75, 3.05) is 44.8 Å². The van der Waals surface area contributed by atoms with E-state index in [-0.39, 0.29) is 11.6 Å². The van der Waals surface area contributed by atoms with Gasteiger partial charge in [0.05, 0.1) is 18.8 Å². The fourth-order valence-electron chi connectivity index (χ4n) is 5.45. The van der Waals surface area contributed by atoms with Crippen LogP contribution >= 0.6 is 11.6 Å². The van der Waals surface area contributed by atoms with E-state index in [9.17, 15) is 4.79 Å². The van der Waals surface area contributed by atoms with Crippen LogP contribution in [0.25, 0.3) is 0 Å². The van der Waals surface area contributed by atoms with E-state index in [1.54, 1.807) is 11.6 Å². The lowest BCUT2D eigenvalue weighted by molar-refractivity contribution is 0.148. The maximum absolute atomic E-state index is 13.2. The summed E-state index contributed by atoms with van der Waals surface area (Å²) >= 11 is 6.16. The molecule has 0 N–H and O–H groups in total. The monoisotopic (exact) mass is 555 g/mol. The molecule has 0 spiro atoms. The quantitative estimate of drug-likeness (QED) is 0.344. The number of anilines is 1. The first kappa shape index (κ1) is 26.5. The Morgan fingerprint density at radius 1 is 0.825 bits per heavy atom. The Kier molecular flexibility index (Phi) is 7.56. The maximum atomic E-state index is 13.2. The van der Waals surface area contributed by atoms with Gasteiger partial charge in [0.1, 0.15) is 0 Å². The second-order valence-corrected chi connectivity index (χ2v) is 11.2. The van der Waals surface area contributed by atoms with Crippen molar-refractivity contribution >= 4 is 23.3 Å². The Morgan fingerprint density at radius 2 is 1.48 bits per heavy atom. The molecule has 0 amide bonds. The van der Waals surface area contributed by atoms with Crippen LogP contribution in [-0.4, -0.2) is 69.6 Å². The van der Waals surface area contributed by atoms with Crippen molar-refractivity contribution in [3.8, 4) is 0 Å². The van der Waals surface area contributed by atoms with Crippen LogP contribution in [0.2, 0.25) is 5.02 Å². The van der Waals surface area contributed by atoms with E-state index in [2.05, 4.69) is 53.2 Å². The average Bonchev–Trinajstić information content (AvgIpc) is 3.53. The first-order chi connectivity index (χ1) is 19.4. The first-order valence-corrected chi connectivity index (χ1v) is 14.1. The van der Waals surface area contributed by atoms with Crippen molar-refractivity contribution in [1.82, 2.24) is 24.1 Å². The van der Waals surface area contributed by atoms with Crippen LogP contribution in [0.1, 0.15) is 28.2 Å². The number of benzene rings is 3. The summed E-state index contributed by atoms with van der Waals surface area (Å²) < 4.78 is 3.11. The van der Waals surface area contributed by atoms with E-state index in [4.69, 9.17) is 21.8 Å². The molecule has 0 saturated carbocycles. The highest BCUT2D eigenvalue weighted by molar-refractivity contribution is 6.30. The number of likely N-dealkylation sites (N-methyl/N-ethyl adjacent to an activating group) is 1. The molecule has 6 rings (SSSR count). The highest BCUT2D eigenvalue weighted by Crippen LogP contribution is 2.31. The van der Waals surface area contributed by atoms with Crippen LogP contribution in [0.5, 0.6) is 0 Å². The van der Waals surface area contributed by atoms with Crippen molar-refractivity contribution in [3.63, 3.8) is 0 Å². The molecule has 9 heteroatoms. The van der Waals surface area contributed by atoms with Gasteiger partial charge < -0.3 is 4.90 Å². The zero-order chi connectivity index (χ0) is 27.6. The SMILES string of the molecule is CN1CCN(Cc2ccc(Cn3nc(N4C[C@@H](c5ccccc5)C(c5ccc(Cl)cc5)=N4)n(C)c3=O)cc2)CC1. The largest absolute Gasteiger partial charge is 0.347 e. The van der Waals surface area contributed by atoms with Gasteiger partial charge in [-0.15, -0.1) is 5.10 Å². The first-order valence-electron chi connectivity index (χ1n) is 13.7. The summed E-state index contributed by atoms with van der Waals surface area (Å²) in [4.78, 5) is 18.1. The minimum absolute atomic E-state index is 0.0375. The molecule has 1 saturated heterocycles. The van der Waals surface area contributed by atoms with Crippen molar-refractivity contribution < 1.29 is 0 Å². The van der Waals surface area contributed by atoms with Gasteiger partial charge in [-0.3, -0.25) is 9.47 Å². The minimum atomic E-state index is -0.164. The van der Waals surface area contributed by atoms with Crippen molar-refractivity contribution in [2.24, 2.45) is 12.1 Å². The third-order valence-corrected chi connectivity index (χ3v) is 8.11. The van der Waals surface area contributed by atoms with E-state index < -0.39 is 0 Å². The van der Waals surface area contributed by atoms with Crippen LogP contribution in [0.3, 0.4) is 0 Å². The fraction of sp³-hybridized carbons (Fsp3) is 0.323. The molecule has 1 fully saturated rings. The smallest absolute Gasteiger partial charge is 0.304 e. The third kappa shape index (κ3) is 5.61. The lowest BCUT2D eigenvalue weighted by atomic mass is 9.91. The third-order valence-electron chi connectivity index (χ3n) is 7.86. The van der Waals surface area contributed by atoms with Gasteiger partial charge >= 0.3 is 5.69 Å². The number of rotatable bonds is 7. The Hall–Kier alpha value is -3.72. The Bertz CT molecular complexity index is 1540. The second-order valence-electron chi connectivity index (χ2n) is 10.7. The van der Waals surface area contributed by atoms with Crippen LogP contribution in [-0.2, 0) is 20.1 Å². The molecular formula is C31H34ClN7O. The van der Waals surface area contributed by atoms with Crippen molar-refractivity contribution in [1.29, 1.82) is 0 Å². The van der Waals surface area contributed by atoms with Crippen molar-refractivity contribution in [3.05, 3.63) is 117 Å². The van der Waals surface area contributed by atoms with Gasteiger partial charge in [0.2, 0.25) is 5.95 Å². The number of nitrogens with zero attached hydrogens (tertiary/aromatic N) is 7. The minimum Gasteiger partial charge on any atom is -0.304 e. The van der Waals surface area contributed by atoms with Crippen LogP contribution < -0.4 is 10.7 Å². The van der Waals surface area contributed by atoms with Gasteiger partial charge in [-0.05, 0) is 41.4 Å². The molecule has 8 nitrogen and oxygen atoms in total. The van der Waals surface area contributed by atoms with E-state index >= 15 is 0 Å². The lowest BCUT2D eigenvalue weighted by Gasteiger charge is -2.32. The number of piperazine rings is 1. The number of hydrogen-bond donors (Lipinski definition) is 0. The molecule has 40 heavy (non-hydrogen) atoms. The van der Waals surface area contributed by atoms with Crippen LogP contribution in [0, 0.1) is 0 Å². The van der Waals surface area contributed by atoms with Gasteiger partial charge in [0, 0.05) is 50.7 Å². The van der Waals surface area contributed by atoms with Gasteiger partial charge in [-0.2, -0.15) is 5.10 Å². The molecule has 0 radical (unpaired) electrons. The highest BCUT2D eigenvalue weighted by Gasteiger charge is 2.32. The van der Waals surface area contributed by atoms with E-state index in [1.807, 2.05) is 47.5 Å². The Labute approximate surface area is 239 Å². The van der Waals surface area contributed by atoms with E-state index in [0.717, 1.165) is 49.6 Å². The average molecular weight is 556 g/mol. The second kappa shape index (κ2) is 11.4. The fourth-order valence-corrected chi connectivity index (χ4v) is 5.57. The highest BCUT2D eigenvalue weighted by atomic mass is 35.5. The molecule has 206 valence electrons. The summed E-state index contributed by atoms with van der Waals surface area (Å²) in [5, 5.41) is 12.2. The zero-order valence-corrected chi connectivity index (χ0v) is 23.7. The predicted molar refractivity (Wildman–Crippen MR) is 160 cm³/mol. The molecule has 1 aromatic heterocycles.